The Bertz CT molecular complexity index is 424. The van der Waals surface area contributed by atoms with Crippen LogP contribution in [0.3, 0.4) is 0 Å². The predicted molar refractivity (Wildman–Crippen MR) is 94.3 cm³/mol. The van der Waals surface area contributed by atoms with Gasteiger partial charge in [0.15, 0.2) is 0 Å². The minimum atomic E-state index is -0.317. The van der Waals surface area contributed by atoms with Crippen LogP contribution in [0.15, 0.2) is 12.7 Å². The first-order chi connectivity index (χ1) is 10.7. The van der Waals surface area contributed by atoms with E-state index in [9.17, 15) is 4.79 Å². The molecule has 1 heterocycles. The summed E-state index contributed by atoms with van der Waals surface area (Å²) in [6.45, 7) is 16.9. The van der Waals surface area contributed by atoms with Crippen LogP contribution in [0.25, 0.3) is 0 Å². The zero-order valence-electron chi connectivity index (χ0n) is 15.4. The number of morpholine rings is 1. The van der Waals surface area contributed by atoms with Gasteiger partial charge in [0.1, 0.15) is 0 Å². The molecule has 1 aliphatic heterocycles. The highest BCUT2D eigenvalue weighted by Gasteiger charge is 2.46. The van der Waals surface area contributed by atoms with Crippen molar-refractivity contribution in [3.63, 3.8) is 0 Å². The molecule has 3 atom stereocenters. The quantitative estimate of drug-likeness (QED) is 0.809. The van der Waals surface area contributed by atoms with Crippen molar-refractivity contribution in [1.29, 1.82) is 0 Å². The topological polar surface area (TPSA) is 41.6 Å². The third-order valence-corrected chi connectivity index (χ3v) is 5.40. The molecule has 1 saturated carbocycles. The molecule has 4 nitrogen and oxygen atoms in total. The van der Waals surface area contributed by atoms with Gasteiger partial charge in [-0.05, 0) is 51.9 Å². The Morgan fingerprint density at radius 1 is 1.35 bits per heavy atom. The van der Waals surface area contributed by atoms with E-state index in [1.807, 2.05) is 6.08 Å². The number of ether oxygens (including phenoxy) is 1. The van der Waals surface area contributed by atoms with Gasteiger partial charge in [-0.25, -0.2) is 0 Å². The molecule has 1 saturated heterocycles. The normalized spacial score (nSPS) is 33.2. The van der Waals surface area contributed by atoms with Crippen LogP contribution in [0.1, 0.15) is 47.0 Å². The summed E-state index contributed by atoms with van der Waals surface area (Å²) in [6, 6.07) is 0. The fourth-order valence-electron chi connectivity index (χ4n) is 3.90. The molecule has 0 radical (unpaired) electrons. The minimum absolute atomic E-state index is 0.190. The second-order valence-electron chi connectivity index (χ2n) is 8.51. The number of carbonyl (C=O) groups is 1. The van der Waals surface area contributed by atoms with E-state index in [0.717, 1.165) is 52.1 Å². The summed E-state index contributed by atoms with van der Waals surface area (Å²) in [7, 11) is 0. The molecule has 2 fully saturated rings. The summed E-state index contributed by atoms with van der Waals surface area (Å²) in [6.07, 6.45) is 5.19. The molecule has 0 bridgehead atoms. The summed E-state index contributed by atoms with van der Waals surface area (Å²) < 4.78 is 5.45. The number of hydrogen-bond acceptors (Lipinski definition) is 3. The average Bonchev–Trinajstić information content (AvgIpc) is 2.48. The SMILES string of the molecule is C=CC1CCC(CN2CCOCC2)C(C)(C(=O)NC(C)(C)C)C1. The second-order valence-corrected chi connectivity index (χ2v) is 8.51. The van der Waals surface area contributed by atoms with Gasteiger partial charge < -0.3 is 10.1 Å². The molecule has 132 valence electrons. The highest BCUT2D eigenvalue weighted by molar-refractivity contribution is 5.83. The lowest BCUT2D eigenvalue weighted by Crippen LogP contribution is -2.55. The maximum absolute atomic E-state index is 13.1. The smallest absolute Gasteiger partial charge is 0.226 e. The van der Waals surface area contributed by atoms with Crippen LogP contribution in [0, 0.1) is 17.3 Å². The first-order valence-corrected chi connectivity index (χ1v) is 9.00. The third kappa shape index (κ3) is 4.80. The number of allylic oxidation sites excluding steroid dienone is 1. The molecule has 0 aromatic carbocycles. The molecule has 0 aromatic heterocycles. The number of nitrogens with zero attached hydrogens (tertiary/aromatic N) is 1. The lowest BCUT2D eigenvalue weighted by Gasteiger charge is -2.46. The lowest BCUT2D eigenvalue weighted by molar-refractivity contribution is -0.138. The van der Waals surface area contributed by atoms with Crippen LogP contribution in [-0.4, -0.2) is 49.2 Å². The van der Waals surface area contributed by atoms with Crippen LogP contribution in [0.5, 0.6) is 0 Å². The van der Waals surface area contributed by atoms with Gasteiger partial charge in [-0.3, -0.25) is 9.69 Å². The summed E-state index contributed by atoms with van der Waals surface area (Å²) in [4.78, 5) is 15.5. The average molecular weight is 322 g/mol. The van der Waals surface area contributed by atoms with Crippen LogP contribution < -0.4 is 5.32 Å². The van der Waals surface area contributed by atoms with Crippen molar-refractivity contribution in [2.75, 3.05) is 32.8 Å². The van der Waals surface area contributed by atoms with Crippen molar-refractivity contribution in [2.45, 2.75) is 52.5 Å². The molecule has 0 aromatic rings. The molecule has 1 amide bonds. The largest absolute Gasteiger partial charge is 0.379 e. The van der Waals surface area contributed by atoms with E-state index in [-0.39, 0.29) is 16.9 Å². The van der Waals surface area contributed by atoms with Crippen LogP contribution in [-0.2, 0) is 9.53 Å². The van der Waals surface area contributed by atoms with Crippen molar-refractivity contribution >= 4 is 5.91 Å². The van der Waals surface area contributed by atoms with Crippen molar-refractivity contribution in [2.24, 2.45) is 17.3 Å². The number of rotatable bonds is 4. The van der Waals surface area contributed by atoms with E-state index in [0.29, 0.717) is 11.8 Å². The molecule has 3 unspecified atom stereocenters. The summed E-state index contributed by atoms with van der Waals surface area (Å²) in [5.41, 5.74) is -0.507. The van der Waals surface area contributed by atoms with Crippen molar-refractivity contribution in [1.82, 2.24) is 10.2 Å². The van der Waals surface area contributed by atoms with Gasteiger partial charge in [-0.2, -0.15) is 0 Å². The minimum Gasteiger partial charge on any atom is -0.379 e. The number of nitrogens with one attached hydrogen (secondary N) is 1. The van der Waals surface area contributed by atoms with Gasteiger partial charge in [-0.1, -0.05) is 13.0 Å². The van der Waals surface area contributed by atoms with E-state index in [1.165, 1.54) is 0 Å². The first kappa shape index (κ1) is 18.5. The Hall–Kier alpha value is -0.870. The monoisotopic (exact) mass is 322 g/mol. The molecule has 2 aliphatic rings. The van der Waals surface area contributed by atoms with E-state index in [1.54, 1.807) is 0 Å². The molecule has 1 N–H and O–H groups in total. The lowest BCUT2D eigenvalue weighted by atomic mass is 9.63. The van der Waals surface area contributed by atoms with Crippen molar-refractivity contribution < 1.29 is 9.53 Å². The third-order valence-electron chi connectivity index (χ3n) is 5.40. The van der Waals surface area contributed by atoms with E-state index < -0.39 is 0 Å². The molecule has 2 rings (SSSR count). The van der Waals surface area contributed by atoms with Crippen molar-refractivity contribution in [3.8, 4) is 0 Å². The number of carbonyl (C=O) groups excluding carboxylic acids is 1. The highest BCUT2D eigenvalue weighted by Crippen LogP contribution is 2.45. The van der Waals surface area contributed by atoms with Crippen LogP contribution in [0.4, 0.5) is 0 Å². The molecular formula is C19H34N2O2. The van der Waals surface area contributed by atoms with Gasteiger partial charge >= 0.3 is 0 Å². The zero-order chi connectivity index (χ0) is 17.1. The molecule has 0 spiro atoms. The Balaban J connectivity index is 2.12. The first-order valence-electron chi connectivity index (χ1n) is 9.00. The Morgan fingerprint density at radius 2 is 2.00 bits per heavy atom. The Labute approximate surface area is 141 Å². The Morgan fingerprint density at radius 3 is 2.57 bits per heavy atom. The molecule has 23 heavy (non-hydrogen) atoms. The van der Waals surface area contributed by atoms with Gasteiger partial charge in [0.25, 0.3) is 0 Å². The standard InChI is InChI=1S/C19H34N2O2/c1-6-15-7-8-16(14-21-9-11-23-12-10-21)19(5,13-15)17(22)20-18(2,3)4/h6,15-16H,1,7-14H2,2-5H3,(H,20,22). The Kier molecular flexibility index (Phi) is 5.90. The van der Waals surface area contributed by atoms with Gasteiger partial charge in [-0.15, -0.1) is 6.58 Å². The summed E-state index contributed by atoms with van der Waals surface area (Å²) >= 11 is 0. The second kappa shape index (κ2) is 7.35. The fourth-order valence-corrected chi connectivity index (χ4v) is 3.90. The number of amides is 1. The van der Waals surface area contributed by atoms with Crippen LogP contribution in [0.2, 0.25) is 0 Å². The molecular weight excluding hydrogens is 288 g/mol. The molecule has 4 heteroatoms. The van der Waals surface area contributed by atoms with Gasteiger partial charge in [0.05, 0.1) is 18.6 Å². The van der Waals surface area contributed by atoms with Crippen molar-refractivity contribution in [3.05, 3.63) is 12.7 Å². The summed E-state index contributed by atoms with van der Waals surface area (Å²) in [5.74, 6) is 1.06. The molecule has 1 aliphatic carbocycles. The predicted octanol–water partition coefficient (Wildman–Crippen LogP) is 2.84. The van der Waals surface area contributed by atoms with Gasteiger partial charge in [0, 0.05) is 25.2 Å². The fraction of sp³-hybridized carbons (Fsp3) is 0.842. The highest BCUT2D eigenvalue weighted by atomic mass is 16.5. The maximum atomic E-state index is 13.1. The summed E-state index contributed by atoms with van der Waals surface area (Å²) in [5, 5.41) is 3.22. The number of hydrogen-bond donors (Lipinski definition) is 1. The van der Waals surface area contributed by atoms with E-state index in [2.05, 4.69) is 44.5 Å². The maximum Gasteiger partial charge on any atom is 0.226 e. The van der Waals surface area contributed by atoms with E-state index in [4.69, 9.17) is 4.74 Å². The zero-order valence-corrected chi connectivity index (χ0v) is 15.4. The van der Waals surface area contributed by atoms with Gasteiger partial charge in [0.2, 0.25) is 5.91 Å². The van der Waals surface area contributed by atoms with Crippen LogP contribution >= 0.6 is 0 Å². The van der Waals surface area contributed by atoms with E-state index >= 15 is 0 Å².